The molecule has 2 aliphatic rings. The van der Waals surface area contributed by atoms with E-state index in [1.807, 2.05) is 0 Å². The van der Waals surface area contributed by atoms with Gasteiger partial charge in [0, 0.05) is 45.8 Å². The highest BCUT2D eigenvalue weighted by atomic mass is 15.3. The van der Waals surface area contributed by atoms with Gasteiger partial charge in [-0.1, -0.05) is 43.2 Å². The van der Waals surface area contributed by atoms with Gasteiger partial charge in [0.2, 0.25) is 0 Å². The topological polar surface area (TPSA) is 30.9 Å². The van der Waals surface area contributed by atoms with E-state index in [0.29, 0.717) is 0 Å². The molecule has 23 heavy (non-hydrogen) atoms. The van der Waals surface area contributed by atoms with Crippen molar-refractivity contribution in [3.05, 3.63) is 35.9 Å². The summed E-state index contributed by atoms with van der Waals surface area (Å²) in [6.45, 7) is 9.52. The maximum Gasteiger partial charge on any atom is 0.194 e. The van der Waals surface area contributed by atoms with Crippen LogP contribution in [0.25, 0.3) is 0 Å². The summed E-state index contributed by atoms with van der Waals surface area (Å²) in [5, 5.41) is 3.47. The van der Waals surface area contributed by atoms with Crippen LogP contribution in [0.2, 0.25) is 0 Å². The molecule has 0 bridgehead atoms. The molecule has 0 aromatic heterocycles. The summed E-state index contributed by atoms with van der Waals surface area (Å²) in [5.74, 6) is 2.08. The molecule has 1 N–H and O–H groups in total. The Morgan fingerprint density at radius 2 is 1.87 bits per heavy atom. The van der Waals surface area contributed by atoms with E-state index in [0.717, 1.165) is 57.7 Å². The first-order valence-corrected chi connectivity index (χ1v) is 9.14. The van der Waals surface area contributed by atoms with Crippen LogP contribution in [0.3, 0.4) is 0 Å². The average Bonchev–Trinajstić information content (AvgIpc) is 3.40. The van der Waals surface area contributed by atoms with E-state index in [2.05, 4.69) is 52.4 Å². The fourth-order valence-electron chi connectivity index (χ4n) is 3.14. The smallest absolute Gasteiger partial charge is 0.194 e. The molecule has 1 aromatic carbocycles. The normalized spacial score (nSPS) is 19.9. The van der Waals surface area contributed by atoms with Crippen LogP contribution < -0.4 is 5.32 Å². The minimum Gasteiger partial charge on any atom is -0.357 e. The van der Waals surface area contributed by atoms with Gasteiger partial charge in [0.25, 0.3) is 0 Å². The predicted molar refractivity (Wildman–Crippen MR) is 96.6 cm³/mol. The van der Waals surface area contributed by atoms with Crippen LogP contribution >= 0.6 is 0 Å². The van der Waals surface area contributed by atoms with E-state index < -0.39 is 0 Å². The van der Waals surface area contributed by atoms with Crippen LogP contribution in [0.1, 0.15) is 31.7 Å². The molecule has 1 saturated heterocycles. The van der Waals surface area contributed by atoms with Crippen LogP contribution in [0.15, 0.2) is 35.3 Å². The Morgan fingerprint density at radius 1 is 1.13 bits per heavy atom. The van der Waals surface area contributed by atoms with Crippen LogP contribution in [0.5, 0.6) is 0 Å². The van der Waals surface area contributed by atoms with Crippen LogP contribution in [0.4, 0.5) is 0 Å². The number of rotatable bonds is 6. The number of hydrogen-bond donors (Lipinski definition) is 1. The Balaban J connectivity index is 1.47. The Kier molecular flexibility index (Phi) is 5.92. The van der Waals surface area contributed by atoms with Crippen molar-refractivity contribution < 1.29 is 0 Å². The summed E-state index contributed by atoms with van der Waals surface area (Å²) in [6.07, 6.45) is 4.11. The molecule has 1 heterocycles. The molecule has 0 radical (unpaired) electrons. The quantitative estimate of drug-likeness (QED) is 0.647. The highest BCUT2D eigenvalue weighted by Gasteiger charge is 2.22. The number of hydrogen-bond acceptors (Lipinski definition) is 2. The van der Waals surface area contributed by atoms with Gasteiger partial charge in [-0.25, -0.2) is 0 Å². The molecule has 126 valence electrons. The van der Waals surface area contributed by atoms with Gasteiger partial charge in [-0.2, -0.15) is 0 Å². The number of aliphatic imine (C=N–C) groups is 1. The molecule has 3 rings (SSSR count). The van der Waals surface area contributed by atoms with E-state index in [4.69, 9.17) is 4.99 Å². The first-order valence-electron chi connectivity index (χ1n) is 9.14. The van der Waals surface area contributed by atoms with E-state index >= 15 is 0 Å². The number of guanidine groups is 1. The largest absolute Gasteiger partial charge is 0.357 e. The number of nitrogens with one attached hydrogen (secondary N) is 1. The maximum absolute atomic E-state index is 4.84. The third-order valence-electron chi connectivity index (χ3n) is 4.75. The van der Waals surface area contributed by atoms with Crippen molar-refractivity contribution in [2.75, 3.05) is 39.3 Å². The lowest BCUT2D eigenvalue weighted by atomic mass is 10.2. The van der Waals surface area contributed by atoms with Gasteiger partial charge in [-0.3, -0.25) is 9.89 Å². The lowest BCUT2D eigenvalue weighted by Crippen LogP contribution is -2.52. The second kappa shape index (κ2) is 8.34. The molecule has 0 amide bonds. The lowest BCUT2D eigenvalue weighted by Gasteiger charge is -2.36. The molecule has 2 fully saturated rings. The van der Waals surface area contributed by atoms with Crippen LogP contribution in [-0.4, -0.2) is 55.0 Å². The number of nitrogens with zero attached hydrogens (tertiary/aromatic N) is 3. The summed E-state index contributed by atoms with van der Waals surface area (Å²) in [5.41, 5.74) is 1.41. The summed E-state index contributed by atoms with van der Waals surface area (Å²) in [7, 11) is 0. The lowest BCUT2D eigenvalue weighted by molar-refractivity contribution is 0.172. The van der Waals surface area contributed by atoms with Gasteiger partial charge >= 0.3 is 0 Å². The summed E-state index contributed by atoms with van der Waals surface area (Å²) >= 11 is 0. The zero-order valence-corrected chi connectivity index (χ0v) is 14.4. The van der Waals surface area contributed by atoms with Crippen molar-refractivity contribution in [1.82, 2.24) is 15.1 Å². The fraction of sp³-hybridized carbons (Fsp3) is 0.632. The van der Waals surface area contributed by atoms with Gasteiger partial charge < -0.3 is 10.2 Å². The number of piperazine rings is 1. The predicted octanol–water partition coefficient (Wildman–Crippen LogP) is 2.57. The van der Waals surface area contributed by atoms with Crippen molar-refractivity contribution in [2.45, 2.75) is 32.7 Å². The Labute approximate surface area is 140 Å². The highest BCUT2D eigenvalue weighted by Crippen LogP contribution is 2.32. The Hall–Kier alpha value is -1.55. The Bertz CT molecular complexity index is 487. The van der Waals surface area contributed by atoms with Crippen molar-refractivity contribution in [3.63, 3.8) is 0 Å². The molecule has 1 aromatic rings. The zero-order valence-electron chi connectivity index (χ0n) is 14.4. The molecule has 1 saturated carbocycles. The summed E-state index contributed by atoms with van der Waals surface area (Å²) < 4.78 is 0. The summed E-state index contributed by atoms with van der Waals surface area (Å²) in [4.78, 5) is 9.81. The summed E-state index contributed by atoms with van der Waals surface area (Å²) in [6, 6.07) is 10.8. The van der Waals surface area contributed by atoms with Crippen molar-refractivity contribution in [3.8, 4) is 0 Å². The maximum atomic E-state index is 4.84. The van der Waals surface area contributed by atoms with E-state index in [-0.39, 0.29) is 0 Å². The first kappa shape index (κ1) is 16.3. The molecule has 4 heteroatoms. The van der Waals surface area contributed by atoms with Gasteiger partial charge in [0.05, 0.1) is 0 Å². The number of benzene rings is 1. The molecule has 1 aliphatic carbocycles. The molecular weight excluding hydrogens is 284 g/mol. The van der Waals surface area contributed by atoms with Crippen molar-refractivity contribution >= 4 is 5.96 Å². The molecule has 0 spiro atoms. The molecular formula is C19H30N4. The minimum atomic E-state index is 0.951. The van der Waals surface area contributed by atoms with E-state index in [1.165, 1.54) is 24.8 Å². The van der Waals surface area contributed by atoms with Gasteiger partial charge in [0.1, 0.15) is 0 Å². The standard InChI is InChI=1S/C19H30N4/c1-2-20-19(21-11-10-17-8-9-17)23-14-12-22(13-15-23)16-18-6-4-3-5-7-18/h3-7,17H,2,8-16H2,1H3,(H,20,21). The zero-order chi connectivity index (χ0) is 15.9. The highest BCUT2D eigenvalue weighted by molar-refractivity contribution is 5.80. The monoisotopic (exact) mass is 314 g/mol. The average molecular weight is 314 g/mol. The van der Waals surface area contributed by atoms with E-state index in [9.17, 15) is 0 Å². The Morgan fingerprint density at radius 3 is 2.52 bits per heavy atom. The second-order valence-corrected chi connectivity index (χ2v) is 6.72. The third kappa shape index (κ3) is 5.24. The first-order chi connectivity index (χ1) is 11.3. The fourth-order valence-corrected chi connectivity index (χ4v) is 3.14. The third-order valence-corrected chi connectivity index (χ3v) is 4.75. The van der Waals surface area contributed by atoms with Crippen molar-refractivity contribution in [2.24, 2.45) is 10.9 Å². The van der Waals surface area contributed by atoms with Crippen LogP contribution in [-0.2, 0) is 6.54 Å². The van der Waals surface area contributed by atoms with Gasteiger partial charge in [-0.15, -0.1) is 0 Å². The second-order valence-electron chi connectivity index (χ2n) is 6.72. The molecule has 4 nitrogen and oxygen atoms in total. The molecule has 0 unspecified atom stereocenters. The van der Waals surface area contributed by atoms with Gasteiger partial charge in [0.15, 0.2) is 5.96 Å². The molecule has 0 atom stereocenters. The van der Waals surface area contributed by atoms with E-state index in [1.54, 1.807) is 0 Å². The molecule has 1 aliphatic heterocycles. The SMILES string of the molecule is CCNC(=NCCC1CC1)N1CCN(Cc2ccccc2)CC1. The van der Waals surface area contributed by atoms with Crippen molar-refractivity contribution in [1.29, 1.82) is 0 Å². The van der Waals surface area contributed by atoms with Crippen LogP contribution in [0, 0.1) is 5.92 Å². The minimum absolute atomic E-state index is 0.951. The van der Waals surface area contributed by atoms with Gasteiger partial charge in [-0.05, 0) is 24.8 Å².